The van der Waals surface area contributed by atoms with E-state index >= 15 is 0 Å². The van der Waals surface area contributed by atoms with Gasteiger partial charge in [0, 0.05) is 5.57 Å². The number of fused-ring (bicyclic) bond motifs is 1. The number of carbonyl (C=O) groups excluding carboxylic acids is 1. The van der Waals surface area contributed by atoms with Crippen LogP contribution in [0.25, 0.3) is 11.6 Å². The van der Waals surface area contributed by atoms with Crippen LogP contribution < -0.4 is 5.73 Å². The number of amides is 1. The van der Waals surface area contributed by atoms with Gasteiger partial charge in [-0.1, -0.05) is 49.1 Å². The molecule has 2 heteroatoms. The fraction of sp³-hybridized carbons (Fsp3) is 0.118. The summed E-state index contributed by atoms with van der Waals surface area (Å²) in [5, 5.41) is 0. The summed E-state index contributed by atoms with van der Waals surface area (Å²) in [4.78, 5) is 11.6. The van der Waals surface area contributed by atoms with Gasteiger partial charge >= 0.3 is 0 Å². The van der Waals surface area contributed by atoms with Crippen molar-refractivity contribution < 1.29 is 4.79 Å². The van der Waals surface area contributed by atoms with Gasteiger partial charge in [0.15, 0.2) is 0 Å². The number of benzene rings is 1. The number of primary amides is 1. The van der Waals surface area contributed by atoms with E-state index in [0.717, 1.165) is 29.6 Å². The summed E-state index contributed by atoms with van der Waals surface area (Å²) in [5.41, 5.74) is 11.4. The summed E-state index contributed by atoms with van der Waals surface area (Å²) in [7, 11) is 0. The van der Waals surface area contributed by atoms with Gasteiger partial charge in [0.1, 0.15) is 0 Å². The number of allylic oxidation sites excluding steroid dienone is 4. The zero-order chi connectivity index (χ0) is 13.4. The zero-order valence-electron chi connectivity index (χ0n) is 10.6. The van der Waals surface area contributed by atoms with Gasteiger partial charge in [-0.15, -0.1) is 0 Å². The highest BCUT2D eigenvalue weighted by molar-refractivity contribution is 6.07. The Hall–Kier alpha value is -2.35. The fourth-order valence-electron chi connectivity index (χ4n) is 2.75. The molecule has 0 unspecified atom stereocenters. The molecule has 0 fully saturated rings. The Morgan fingerprint density at radius 2 is 1.95 bits per heavy atom. The molecule has 0 aliphatic heterocycles. The normalized spacial score (nSPS) is 16.9. The van der Waals surface area contributed by atoms with Crippen LogP contribution in [-0.2, 0) is 11.2 Å². The topological polar surface area (TPSA) is 43.1 Å². The van der Waals surface area contributed by atoms with Crippen molar-refractivity contribution in [3.05, 3.63) is 70.8 Å². The van der Waals surface area contributed by atoms with Gasteiger partial charge in [-0.25, -0.2) is 0 Å². The maximum atomic E-state index is 11.6. The first-order valence-corrected chi connectivity index (χ1v) is 6.36. The van der Waals surface area contributed by atoms with Gasteiger partial charge in [-0.05, 0) is 40.7 Å². The molecule has 0 saturated heterocycles. The Labute approximate surface area is 112 Å². The molecule has 94 valence electrons. The third-order valence-electron chi connectivity index (χ3n) is 3.63. The van der Waals surface area contributed by atoms with Crippen molar-refractivity contribution in [2.45, 2.75) is 12.8 Å². The molecule has 2 aliphatic rings. The molecule has 1 aromatic carbocycles. The van der Waals surface area contributed by atoms with E-state index in [1.807, 2.05) is 24.3 Å². The van der Waals surface area contributed by atoms with Crippen molar-refractivity contribution >= 4 is 17.6 Å². The summed E-state index contributed by atoms with van der Waals surface area (Å²) >= 11 is 0. The lowest BCUT2D eigenvalue weighted by Gasteiger charge is -2.19. The van der Waals surface area contributed by atoms with Gasteiger partial charge in [0.25, 0.3) is 0 Å². The quantitative estimate of drug-likeness (QED) is 0.860. The molecule has 0 heterocycles. The molecule has 0 atom stereocenters. The molecule has 0 aromatic heterocycles. The average Bonchev–Trinajstić information content (AvgIpc) is 2.86. The Kier molecular flexibility index (Phi) is 2.71. The molecule has 19 heavy (non-hydrogen) atoms. The average molecular weight is 249 g/mol. The van der Waals surface area contributed by atoms with E-state index in [0.29, 0.717) is 5.57 Å². The molecule has 2 aliphatic carbocycles. The Balaban J connectivity index is 2.27. The summed E-state index contributed by atoms with van der Waals surface area (Å²) < 4.78 is 0. The Morgan fingerprint density at radius 3 is 2.74 bits per heavy atom. The van der Waals surface area contributed by atoms with Crippen LogP contribution in [0.5, 0.6) is 0 Å². The minimum atomic E-state index is -0.397. The van der Waals surface area contributed by atoms with E-state index in [1.54, 1.807) is 0 Å². The number of hydrogen-bond acceptors (Lipinski definition) is 1. The highest BCUT2D eigenvalue weighted by Crippen LogP contribution is 2.37. The predicted octanol–water partition coefficient (Wildman–Crippen LogP) is 3.01. The predicted molar refractivity (Wildman–Crippen MR) is 78.2 cm³/mol. The molecule has 0 spiro atoms. The van der Waals surface area contributed by atoms with Crippen molar-refractivity contribution in [3.63, 3.8) is 0 Å². The van der Waals surface area contributed by atoms with Gasteiger partial charge in [0.05, 0.1) is 0 Å². The summed E-state index contributed by atoms with van der Waals surface area (Å²) in [6, 6.07) is 6.18. The van der Waals surface area contributed by atoms with Crippen LogP contribution in [0.4, 0.5) is 0 Å². The first kappa shape index (κ1) is 11.7. The van der Waals surface area contributed by atoms with E-state index in [2.05, 4.69) is 24.8 Å². The molecule has 1 aromatic rings. The maximum Gasteiger partial charge on any atom is 0.249 e. The lowest BCUT2D eigenvalue weighted by molar-refractivity contribution is -0.114. The monoisotopic (exact) mass is 249 g/mol. The molecule has 0 radical (unpaired) electrons. The van der Waals surface area contributed by atoms with Gasteiger partial charge < -0.3 is 5.73 Å². The molecule has 3 rings (SSSR count). The first-order valence-electron chi connectivity index (χ1n) is 6.36. The second-order valence-electron chi connectivity index (χ2n) is 4.85. The minimum Gasteiger partial charge on any atom is -0.366 e. The largest absolute Gasteiger partial charge is 0.366 e. The van der Waals surface area contributed by atoms with Crippen LogP contribution in [0, 0.1) is 0 Å². The van der Waals surface area contributed by atoms with Crippen LogP contribution in [0.2, 0.25) is 0 Å². The SMILES string of the molecule is C=C1CC=CC(C(N)=O)=C1c1cccc2c1C=CC2. The molecule has 0 saturated carbocycles. The highest BCUT2D eigenvalue weighted by Gasteiger charge is 2.21. The van der Waals surface area contributed by atoms with Crippen molar-refractivity contribution in [3.8, 4) is 0 Å². The molecular formula is C17H15NO. The Morgan fingerprint density at radius 1 is 1.16 bits per heavy atom. The molecule has 2 N–H and O–H groups in total. The standard InChI is InChI=1S/C17H15NO/c1-11-5-2-10-15(17(18)19)16(11)14-9-4-7-12-6-3-8-13(12)14/h2-4,7-10H,1,5-6H2,(H2,18,19). The van der Waals surface area contributed by atoms with E-state index < -0.39 is 5.91 Å². The molecule has 1 amide bonds. The molecule has 0 bridgehead atoms. The second kappa shape index (κ2) is 4.39. The van der Waals surface area contributed by atoms with Gasteiger partial charge in [0.2, 0.25) is 5.91 Å². The summed E-state index contributed by atoms with van der Waals surface area (Å²) in [5.74, 6) is -0.397. The van der Waals surface area contributed by atoms with Crippen LogP contribution in [0.15, 0.2) is 54.2 Å². The number of hydrogen-bond donors (Lipinski definition) is 1. The van der Waals surface area contributed by atoms with E-state index in [9.17, 15) is 4.79 Å². The minimum absolute atomic E-state index is 0.397. The molecule has 2 nitrogen and oxygen atoms in total. The van der Waals surface area contributed by atoms with Crippen molar-refractivity contribution in [2.75, 3.05) is 0 Å². The van der Waals surface area contributed by atoms with Crippen LogP contribution in [0.1, 0.15) is 23.1 Å². The van der Waals surface area contributed by atoms with Gasteiger partial charge in [-0.2, -0.15) is 0 Å². The van der Waals surface area contributed by atoms with E-state index in [1.165, 1.54) is 11.1 Å². The van der Waals surface area contributed by atoms with Crippen molar-refractivity contribution in [1.82, 2.24) is 0 Å². The lowest BCUT2D eigenvalue weighted by Crippen LogP contribution is -2.16. The first-order chi connectivity index (χ1) is 9.18. The smallest absolute Gasteiger partial charge is 0.249 e. The Bertz CT molecular complexity index is 675. The zero-order valence-corrected chi connectivity index (χ0v) is 10.6. The van der Waals surface area contributed by atoms with E-state index in [4.69, 9.17) is 5.73 Å². The lowest BCUT2D eigenvalue weighted by atomic mass is 9.85. The van der Waals surface area contributed by atoms with Crippen LogP contribution in [-0.4, -0.2) is 5.91 Å². The fourth-order valence-corrected chi connectivity index (χ4v) is 2.75. The van der Waals surface area contributed by atoms with Crippen LogP contribution in [0.3, 0.4) is 0 Å². The highest BCUT2D eigenvalue weighted by atomic mass is 16.1. The number of carbonyl (C=O) groups is 1. The number of rotatable bonds is 2. The third-order valence-corrected chi connectivity index (χ3v) is 3.63. The summed E-state index contributed by atoms with van der Waals surface area (Å²) in [6.07, 6.45) is 9.71. The van der Waals surface area contributed by atoms with E-state index in [-0.39, 0.29) is 0 Å². The number of nitrogens with two attached hydrogens (primary N) is 1. The maximum absolute atomic E-state index is 11.6. The van der Waals surface area contributed by atoms with Crippen molar-refractivity contribution in [2.24, 2.45) is 5.73 Å². The molecular weight excluding hydrogens is 234 g/mol. The van der Waals surface area contributed by atoms with Crippen LogP contribution >= 0.6 is 0 Å². The third kappa shape index (κ3) is 1.85. The van der Waals surface area contributed by atoms with Gasteiger partial charge in [-0.3, -0.25) is 4.79 Å². The summed E-state index contributed by atoms with van der Waals surface area (Å²) in [6.45, 7) is 4.09. The van der Waals surface area contributed by atoms with Crippen molar-refractivity contribution in [1.29, 1.82) is 0 Å². The second-order valence-corrected chi connectivity index (χ2v) is 4.85.